The molecular formula is C13H29N. The molecule has 14 heavy (non-hydrogen) atoms. The zero-order chi connectivity index (χ0) is 11.0. The van der Waals surface area contributed by atoms with Gasteiger partial charge in [-0.05, 0) is 30.7 Å². The van der Waals surface area contributed by atoms with E-state index in [2.05, 4.69) is 27.7 Å². The molecule has 0 rings (SSSR count). The van der Waals surface area contributed by atoms with Gasteiger partial charge >= 0.3 is 0 Å². The molecule has 0 aliphatic carbocycles. The van der Waals surface area contributed by atoms with Gasteiger partial charge in [-0.2, -0.15) is 0 Å². The summed E-state index contributed by atoms with van der Waals surface area (Å²) in [5.41, 5.74) is 5.88. The first-order chi connectivity index (χ1) is 6.74. The molecule has 2 atom stereocenters. The number of rotatable bonds is 8. The van der Waals surface area contributed by atoms with Crippen LogP contribution in [0.5, 0.6) is 0 Å². The molecule has 2 unspecified atom stereocenters. The average Bonchev–Trinajstić information content (AvgIpc) is 2.23. The first kappa shape index (κ1) is 14.0. The Hall–Kier alpha value is -0.0400. The predicted molar refractivity (Wildman–Crippen MR) is 65.3 cm³/mol. The highest BCUT2D eigenvalue weighted by molar-refractivity contribution is 4.75. The van der Waals surface area contributed by atoms with Gasteiger partial charge in [0.25, 0.3) is 0 Å². The van der Waals surface area contributed by atoms with Gasteiger partial charge in [-0.3, -0.25) is 0 Å². The lowest BCUT2D eigenvalue weighted by Crippen LogP contribution is -2.28. The Morgan fingerprint density at radius 3 is 1.71 bits per heavy atom. The molecule has 0 bridgehead atoms. The number of hydrogen-bond donors (Lipinski definition) is 1. The van der Waals surface area contributed by atoms with Crippen molar-refractivity contribution in [2.75, 3.05) is 6.54 Å². The SMILES string of the molecule is CCCC(CN)C(CC)C(CC)CC. The first-order valence-corrected chi connectivity index (χ1v) is 6.44. The monoisotopic (exact) mass is 199 g/mol. The topological polar surface area (TPSA) is 26.0 Å². The van der Waals surface area contributed by atoms with Crippen LogP contribution in [0.2, 0.25) is 0 Å². The summed E-state index contributed by atoms with van der Waals surface area (Å²) in [6.07, 6.45) is 6.52. The fourth-order valence-corrected chi connectivity index (χ4v) is 2.82. The second-order valence-electron chi connectivity index (χ2n) is 4.43. The summed E-state index contributed by atoms with van der Waals surface area (Å²) in [7, 11) is 0. The molecule has 0 spiro atoms. The van der Waals surface area contributed by atoms with E-state index in [-0.39, 0.29) is 0 Å². The Morgan fingerprint density at radius 1 is 0.857 bits per heavy atom. The summed E-state index contributed by atoms with van der Waals surface area (Å²) in [6, 6.07) is 0. The van der Waals surface area contributed by atoms with Crippen molar-refractivity contribution in [1.82, 2.24) is 0 Å². The van der Waals surface area contributed by atoms with Gasteiger partial charge < -0.3 is 5.73 Å². The minimum atomic E-state index is 0.759. The molecule has 2 N–H and O–H groups in total. The quantitative estimate of drug-likeness (QED) is 0.632. The second kappa shape index (κ2) is 8.28. The van der Waals surface area contributed by atoms with Crippen LogP contribution in [0.4, 0.5) is 0 Å². The van der Waals surface area contributed by atoms with Crippen LogP contribution in [0.25, 0.3) is 0 Å². The van der Waals surface area contributed by atoms with Gasteiger partial charge in [-0.25, -0.2) is 0 Å². The third-order valence-corrected chi connectivity index (χ3v) is 3.69. The van der Waals surface area contributed by atoms with E-state index in [9.17, 15) is 0 Å². The van der Waals surface area contributed by atoms with Crippen molar-refractivity contribution in [3.05, 3.63) is 0 Å². The van der Waals surface area contributed by atoms with E-state index < -0.39 is 0 Å². The Bertz CT molecular complexity index is 118. The average molecular weight is 199 g/mol. The van der Waals surface area contributed by atoms with Crippen LogP contribution in [-0.4, -0.2) is 6.54 Å². The molecular weight excluding hydrogens is 170 g/mol. The van der Waals surface area contributed by atoms with Crippen molar-refractivity contribution in [3.63, 3.8) is 0 Å². The molecule has 1 nitrogen and oxygen atoms in total. The van der Waals surface area contributed by atoms with Crippen LogP contribution in [-0.2, 0) is 0 Å². The molecule has 86 valence electrons. The molecule has 0 aromatic heterocycles. The van der Waals surface area contributed by atoms with Gasteiger partial charge in [0.1, 0.15) is 0 Å². The minimum Gasteiger partial charge on any atom is -0.330 e. The number of hydrogen-bond acceptors (Lipinski definition) is 1. The molecule has 0 fully saturated rings. The standard InChI is InChI=1S/C13H29N/c1-5-9-12(10-14)13(8-4)11(6-2)7-3/h11-13H,5-10,14H2,1-4H3. The van der Waals surface area contributed by atoms with Crippen molar-refractivity contribution in [1.29, 1.82) is 0 Å². The molecule has 0 aliphatic heterocycles. The van der Waals surface area contributed by atoms with Crippen LogP contribution in [0, 0.1) is 17.8 Å². The van der Waals surface area contributed by atoms with E-state index in [4.69, 9.17) is 5.73 Å². The van der Waals surface area contributed by atoms with Crippen LogP contribution in [0.1, 0.15) is 59.8 Å². The summed E-state index contributed by atoms with van der Waals surface area (Å²) in [5, 5.41) is 0. The fraction of sp³-hybridized carbons (Fsp3) is 1.00. The molecule has 0 heterocycles. The van der Waals surface area contributed by atoms with Gasteiger partial charge in [0, 0.05) is 0 Å². The summed E-state index contributed by atoms with van der Waals surface area (Å²) >= 11 is 0. The van der Waals surface area contributed by atoms with Crippen LogP contribution < -0.4 is 5.73 Å². The van der Waals surface area contributed by atoms with E-state index in [0.717, 1.165) is 24.3 Å². The second-order valence-corrected chi connectivity index (χ2v) is 4.43. The lowest BCUT2D eigenvalue weighted by molar-refractivity contribution is 0.199. The third-order valence-electron chi connectivity index (χ3n) is 3.69. The molecule has 1 heteroatoms. The Labute approximate surface area is 90.5 Å². The van der Waals surface area contributed by atoms with Gasteiger partial charge in [0.05, 0.1) is 0 Å². The highest BCUT2D eigenvalue weighted by Crippen LogP contribution is 2.31. The van der Waals surface area contributed by atoms with Gasteiger partial charge in [-0.1, -0.05) is 53.4 Å². The lowest BCUT2D eigenvalue weighted by atomic mass is 9.75. The Kier molecular flexibility index (Phi) is 8.26. The van der Waals surface area contributed by atoms with Crippen LogP contribution in [0.15, 0.2) is 0 Å². The molecule has 0 aromatic carbocycles. The predicted octanol–water partition coefficient (Wildman–Crippen LogP) is 3.82. The van der Waals surface area contributed by atoms with Gasteiger partial charge in [-0.15, -0.1) is 0 Å². The molecule has 0 saturated carbocycles. The molecule has 0 aliphatic rings. The summed E-state index contributed by atoms with van der Waals surface area (Å²) in [4.78, 5) is 0. The van der Waals surface area contributed by atoms with Crippen molar-refractivity contribution in [2.24, 2.45) is 23.5 Å². The van der Waals surface area contributed by atoms with Crippen molar-refractivity contribution < 1.29 is 0 Å². The Balaban J connectivity index is 4.31. The fourth-order valence-electron chi connectivity index (χ4n) is 2.82. The summed E-state index contributed by atoms with van der Waals surface area (Å²) < 4.78 is 0. The largest absolute Gasteiger partial charge is 0.330 e. The van der Waals surface area contributed by atoms with E-state index in [1.165, 1.54) is 32.1 Å². The maximum absolute atomic E-state index is 5.88. The minimum absolute atomic E-state index is 0.759. The van der Waals surface area contributed by atoms with Crippen LogP contribution in [0.3, 0.4) is 0 Å². The first-order valence-electron chi connectivity index (χ1n) is 6.44. The van der Waals surface area contributed by atoms with E-state index in [0.29, 0.717) is 0 Å². The van der Waals surface area contributed by atoms with Crippen molar-refractivity contribution in [3.8, 4) is 0 Å². The van der Waals surface area contributed by atoms with Crippen molar-refractivity contribution >= 4 is 0 Å². The Morgan fingerprint density at radius 2 is 1.43 bits per heavy atom. The van der Waals surface area contributed by atoms with E-state index in [1.807, 2.05) is 0 Å². The maximum Gasteiger partial charge on any atom is -0.00461 e. The zero-order valence-corrected chi connectivity index (χ0v) is 10.6. The van der Waals surface area contributed by atoms with Crippen molar-refractivity contribution in [2.45, 2.75) is 59.8 Å². The summed E-state index contributed by atoms with van der Waals surface area (Å²) in [6.45, 7) is 10.1. The lowest BCUT2D eigenvalue weighted by Gasteiger charge is -2.31. The molecule has 0 radical (unpaired) electrons. The van der Waals surface area contributed by atoms with Crippen LogP contribution >= 0.6 is 0 Å². The van der Waals surface area contributed by atoms with Gasteiger partial charge in [0.15, 0.2) is 0 Å². The van der Waals surface area contributed by atoms with E-state index in [1.54, 1.807) is 0 Å². The smallest absolute Gasteiger partial charge is 0.00461 e. The third kappa shape index (κ3) is 4.00. The highest BCUT2D eigenvalue weighted by atomic mass is 14.6. The number of nitrogens with two attached hydrogens (primary N) is 1. The summed E-state index contributed by atoms with van der Waals surface area (Å²) in [5.74, 6) is 2.50. The molecule has 0 aromatic rings. The maximum atomic E-state index is 5.88. The highest BCUT2D eigenvalue weighted by Gasteiger charge is 2.24. The normalized spacial score (nSPS) is 15.9. The molecule has 0 saturated heterocycles. The van der Waals surface area contributed by atoms with E-state index >= 15 is 0 Å². The molecule has 0 amide bonds. The van der Waals surface area contributed by atoms with Gasteiger partial charge in [0.2, 0.25) is 0 Å². The zero-order valence-electron chi connectivity index (χ0n) is 10.6.